The summed E-state index contributed by atoms with van der Waals surface area (Å²) in [5.74, 6) is 0.405. The lowest BCUT2D eigenvalue weighted by Crippen LogP contribution is -2.60. The Morgan fingerprint density at radius 2 is 1.46 bits per heavy atom. The molecular formula is C28H38O13. The predicted molar refractivity (Wildman–Crippen MR) is 142 cm³/mol. The lowest BCUT2D eigenvalue weighted by atomic mass is 9.84. The number of rotatable bonds is 11. The maximum atomic E-state index is 10.5. The minimum atomic E-state index is -1.63. The molecule has 2 heterocycles. The lowest BCUT2D eigenvalue weighted by Gasteiger charge is -2.39. The second kappa shape index (κ2) is 13.3. The third kappa shape index (κ3) is 5.97. The fraction of sp³-hybridized carbons (Fsp3) is 0.571. The van der Waals surface area contributed by atoms with Crippen LogP contribution in [0.2, 0.25) is 0 Å². The Bertz CT molecular complexity index is 1150. The van der Waals surface area contributed by atoms with Crippen molar-refractivity contribution >= 4 is 0 Å². The number of ether oxygens (including phenoxy) is 7. The van der Waals surface area contributed by atoms with Crippen molar-refractivity contribution < 1.29 is 63.8 Å². The number of methoxy groups -OCH3 is 4. The Labute approximate surface area is 237 Å². The number of aromatic hydroxyl groups is 1. The second-order valence-corrected chi connectivity index (χ2v) is 9.94. The average molecular weight is 583 g/mol. The van der Waals surface area contributed by atoms with Crippen molar-refractivity contribution in [3.05, 3.63) is 35.4 Å². The smallest absolute Gasteiger partial charge is 0.229 e. The number of phenolic OH excluding ortho intramolecular Hbond substituents is 1. The molecule has 228 valence electrons. The first-order valence-electron chi connectivity index (χ1n) is 13.1. The molecule has 0 radical (unpaired) electrons. The summed E-state index contributed by atoms with van der Waals surface area (Å²) in [5.41, 5.74) is 1.35. The summed E-state index contributed by atoms with van der Waals surface area (Å²) in [7, 11) is 5.72. The van der Waals surface area contributed by atoms with Gasteiger partial charge in [0.05, 0.1) is 47.8 Å². The Morgan fingerprint density at radius 3 is 2.02 bits per heavy atom. The molecular weight excluding hydrogens is 544 g/mol. The van der Waals surface area contributed by atoms with Crippen LogP contribution in [0.4, 0.5) is 0 Å². The molecule has 2 aliphatic rings. The van der Waals surface area contributed by atoms with E-state index in [4.69, 9.17) is 33.2 Å². The van der Waals surface area contributed by atoms with Gasteiger partial charge in [-0.25, -0.2) is 0 Å². The molecule has 0 bridgehead atoms. The van der Waals surface area contributed by atoms with E-state index >= 15 is 0 Å². The summed E-state index contributed by atoms with van der Waals surface area (Å²) < 4.78 is 39.3. The fourth-order valence-electron chi connectivity index (χ4n) is 5.40. The van der Waals surface area contributed by atoms with Gasteiger partial charge in [-0.3, -0.25) is 0 Å². The number of aliphatic hydroxyl groups excluding tert-OH is 5. The van der Waals surface area contributed by atoms with Crippen molar-refractivity contribution in [1.82, 2.24) is 0 Å². The first kappa shape index (κ1) is 30.9. The van der Waals surface area contributed by atoms with Crippen LogP contribution in [0.5, 0.6) is 34.5 Å². The van der Waals surface area contributed by atoms with E-state index < -0.39 is 43.4 Å². The van der Waals surface area contributed by atoms with E-state index in [2.05, 4.69) is 0 Å². The van der Waals surface area contributed by atoms with Crippen LogP contribution in [0.25, 0.3) is 0 Å². The van der Waals surface area contributed by atoms with Gasteiger partial charge in [0.25, 0.3) is 0 Å². The zero-order valence-corrected chi connectivity index (χ0v) is 23.3. The quantitative estimate of drug-likeness (QED) is 0.210. The molecule has 13 heteroatoms. The summed E-state index contributed by atoms with van der Waals surface area (Å²) in [6, 6.07) is 6.72. The molecule has 4 rings (SSSR count). The van der Waals surface area contributed by atoms with E-state index in [1.807, 2.05) is 0 Å². The van der Waals surface area contributed by atoms with Crippen molar-refractivity contribution in [3.8, 4) is 34.5 Å². The largest absolute Gasteiger partial charge is 0.502 e. The Kier molecular flexibility index (Phi) is 10.0. The third-order valence-electron chi connectivity index (χ3n) is 7.67. The third-order valence-corrected chi connectivity index (χ3v) is 7.67. The van der Waals surface area contributed by atoms with Crippen molar-refractivity contribution in [2.75, 3.05) is 48.3 Å². The molecule has 6 N–H and O–H groups in total. The first-order valence-corrected chi connectivity index (χ1v) is 13.1. The highest BCUT2D eigenvalue weighted by Gasteiger charge is 2.45. The van der Waals surface area contributed by atoms with Crippen LogP contribution < -0.4 is 23.7 Å². The topological polar surface area (TPSA) is 186 Å². The van der Waals surface area contributed by atoms with Crippen LogP contribution in [-0.4, -0.2) is 110 Å². The van der Waals surface area contributed by atoms with Crippen molar-refractivity contribution in [2.24, 2.45) is 11.8 Å². The minimum Gasteiger partial charge on any atom is -0.502 e. The Morgan fingerprint density at radius 1 is 0.805 bits per heavy atom. The van der Waals surface area contributed by atoms with Gasteiger partial charge in [0.1, 0.15) is 24.4 Å². The van der Waals surface area contributed by atoms with Crippen LogP contribution in [-0.2, 0) is 15.9 Å². The summed E-state index contributed by atoms with van der Waals surface area (Å²) in [6.07, 6.45) is -7.52. The molecule has 8 atom stereocenters. The molecule has 2 aromatic rings. The van der Waals surface area contributed by atoms with Crippen LogP contribution in [0, 0.1) is 11.8 Å². The maximum absolute atomic E-state index is 10.5. The molecule has 2 fully saturated rings. The summed E-state index contributed by atoms with van der Waals surface area (Å²) in [5, 5.41) is 61.0. The maximum Gasteiger partial charge on any atom is 0.229 e. The average Bonchev–Trinajstić information content (AvgIpc) is 3.40. The molecule has 0 spiro atoms. The zero-order chi connectivity index (χ0) is 29.8. The number of benzene rings is 2. The molecule has 2 saturated heterocycles. The van der Waals surface area contributed by atoms with E-state index in [0.717, 1.165) is 0 Å². The van der Waals surface area contributed by atoms with Crippen LogP contribution in [0.1, 0.15) is 17.2 Å². The van der Waals surface area contributed by atoms with Crippen molar-refractivity contribution in [1.29, 1.82) is 0 Å². The van der Waals surface area contributed by atoms with E-state index in [9.17, 15) is 30.6 Å². The minimum absolute atomic E-state index is 0.0841. The Balaban J connectivity index is 1.61. The molecule has 8 unspecified atom stereocenters. The monoisotopic (exact) mass is 582 g/mol. The van der Waals surface area contributed by atoms with Gasteiger partial charge in [-0.1, -0.05) is 6.07 Å². The molecule has 41 heavy (non-hydrogen) atoms. The first-order chi connectivity index (χ1) is 19.7. The van der Waals surface area contributed by atoms with Gasteiger partial charge in [0.15, 0.2) is 23.0 Å². The van der Waals surface area contributed by atoms with Gasteiger partial charge in [0, 0.05) is 12.5 Å². The standard InChI is InChI=1S/C28H38O13/c1-35-17-6-5-13(26(38-4)27(17)41-28-24(34)23(33)22(32)20(11-30)40-28)7-15-12-39-25(16(15)10-29)14-8-18(36-2)21(31)19(9-14)37-3/h5-6,8-9,15-16,20,22-25,28-34H,7,10-12H2,1-4H3. The summed E-state index contributed by atoms with van der Waals surface area (Å²) in [6.45, 7) is -0.490. The number of hydrogen-bond donors (Lipinski definition) is 6. The highest BCUT2D eigenvalue weighted by atomic mass is 16.7. The van der Waals surface area contributed by atoms with Crippen LogP contribution in [0.15, 0.2) is 24.3 Å². The molecule has 0 aliphatic carbocycles. The van der Waals surface area contributed by atoms with Gasteiger partial charge in [-0.2, -0.15) is 0 Å². The highest BCUT2D eigenvalue weighted by molar-refractivity contribution is 5.56. The van der Waals surface area contributed by atoms with E-state index in [-0.39, 0.29) is 52.9 Å². The molecule has 0 saturated carbocycles. The van der Waals surface area contributed by atoms with E-state index in [1.54, 1.807) is 24.3 Å². The van der Waals surface area contributed by atoms with Gasteiger partial charge in [-0.15, -0.1) is 0 Å². The highest BCUT2D eigenvalue weighted by Crippen LogP contribution is 2.47. The second-order valence-electron chi connectivity index (χ2n) is 9.94. The number of phenols is 1. The number of hydrogen-bond acceptors (Lipinski definition) is 13. The predicted octanol–water partition coefficient (Wildman–Crippen LogP) is 0.144. The van der Waals surface area contributed by atoms with Gasteiger partial charge in [0.2, 0.25) is 17.8 Å². The molecule has 2 aliphatic heterocycles. The molecule has 13 nitrogen and oxygen atoms in total. The summed E-state index contributed by atoms with van der Waals surface area (Å²) >= 11 is 0. The summed E-state index contributed by atoms with van der Waals surface area (Å²) in [4.78, 5) is 0. The normalized spacial score (nSPS) is 29.7. The van der Waals surface area contributed by atoms with Gasteiger partial charge in [-0.05, 0) is 41.7 Å². The van der Waals surface area contributed by atoms with Crippen molar-refractivity contribution in [2.45, 2.75) is 43.2 Å². The Hall–Kier alpha value is -3.04. The number of aliphatic hydroxyl groups is 5. The van der Waals surface area contributed by atoms with E-state index in [1.165, 1.54) is 28.4 Å². The molecule has 0 aromatic heterocycles. The fourth-order valence-corrected chi connectivity index (χ4v) is 5.40. The van der Waals surface area contributed by atoms with Gasteiger partial charge < -0.3 is 63.8 Å². The molecule has 0 amide bonds. The lowest BCUT2D eigenvalue weighted by molar-refractivity contribution is -0.277. The SMILES string of the molecule is COc1cc(C2OCC(Cc3ccc(OC)c(OC4OC(CO)C(O)C(O)C4O)c3OC)C2CO)cc(OC)c1O. The molecule has 2 aromatic carbocycles. The van der Waals surface area contributed by atoms with Crippen LogP contribution >= 0.6 is 0 Å². The van der Waals surface area contributed by atoms with Crippen molar-refractivity contribution in [3.63, 3.8) is 0 Å². The zero-order valence-electron chi connectivity index (χ0n) is 23.3. The van der Waals surface area contributed by atoms with E-state index in [0.29, 0.717) is 24.2 Å². The van der Waals surface area contributed by atoms with Crippen LogP contribution in [0.3, 0.4) is 0 Å². The van der Waals surface area contributed by atoms with Gasteiger partial charge >= 0.3 is 0 Å².